The molecule has 0 fully saturated rings. The summed E-state index contributed by atoms with van der Waals surface area (Å²) in [6, 6.07) is 5.53. The highest BCUT2D eigenvalue weighted by atomic mass is 79.9. The SMILES string of the molecule is C=CCn1c(C(=O)N(C)Cc2ccnn2C)cc2oc(Br)cc21. The number of nitrogens with zero attached hydrogens (tertiary/aromatic N) is 4. The predicted molar refractivity (Wildman–Crippen MR) is 91.1 cm³/mol. The molecule has 0 radical (unpaired) electrons. The molecule has 6 nitrogen and oxygen atoms in total. The highest BCUT2D eigenvalue weighted by Crippen LogP contribution is 2.27. The number of halogens is 1. The van der Waals surface area contributed by atoms with Gasteiger partial charge in [0.05, 0.1) is 17.8 Å². The summed E-state index contributed by atoms with van der Waals surface area (Å²) in [5, 5.41) is 4.12. The summed E-state index contributed by atoms with van der Waals surface area (Å²) in [4.78, 5) is 14.5. The van der Waals surface area contributed by atoms with Crippen molar-refractivity contribution in [3.05, 3.63) is 53.1 Å². The van der Waals surface area contributed by atoms with Gasteiger partial charge in [-0.2, -0.15) is 5.10 Å². The molecule has 1 amide bonds. The molecule has 0 unspecified atom stereocenters. The molecule has 3 aromatic heterocycles. The number of carbonyl (C=O) groups excluding carboxylic acids is 1. The number of carbonyl (C=O) groups is 1. The van der Waals surface area contributed by atoms with E-state index in [2.05, 4.69) is 27.6 Å². The van der Waals surface area contributed by atoms with E-state index in [-0.39, 0.29) is 5.91 Å². The Morgan fingerprint density at radius 2 is 2.30 bits per heavy atom. The van der Waals surface area contributed by atoms with Crippen molar-refractivity contribution in [1.82, 2.24) is 19.2 Å². The van der Waals surface area contributed by atoms with Crippen LogP contribution in [0, 0.1) is 0 Å². The summed E-state index contributed by atoms with van der Waals surface area (Å²) in [5.74, 6) is -0.0735. The molecule has 0 aromatic carbocycles. The van der Waals surface area contributed by atoms with Crippen LogP contribution in [0.2, 0.25) is 0 Å². The van der Waals surface area contributed by atoms with Crippen molar-refractivity contribution in [1.29, 1.82) is 0 Å². The summed E-state index contributed by atoms with van der Waals surface area (Å²) in [6.45, 7) is 4.79. The molecule has 3 rings (SSSR count). The monoisotopic (exact) mass is 376 g/mol. The van der Waals surface area contributed by atoms with Crippen molar-refractivity contribution < 1.29 is 9.21 Å². The first-order valence-corrected chi connectivity index (χ1v) is 7.92. The molecule has 0 N–H and O–H groups in total. The molecular formula is C16H17BrN4O2. The van der Waals surface area contributed by atoms with Gasteiger partial charge in [0.25, 0.3) is 5.91 Å². The number of rotatable bonds is 5. The van der Waals surface area contributed by atoms with Gasteiger partial charge in [0, 0.05) is 39.0 Å². The molecule has 3 aromatic rings. The topological polar surface area (TPSA) is 56.2 Å². The molecule has 0 bridgehead atoms. The zero-order valence-corrected chi connectivity index (χ0v) is 14.6. The molecular weight excluding hydrogens is 360 g/mol. The van der Waals surface area contributed by atoms with Crippen molar-refractivity contribution in [3.63, 3.8) is 0 Å². The molecule has 23 heavy (non-hydrogen) atoms. The molecule has 0 saturated carbocycles. The lowest BCUT2D eigenvalue weighted by atomic mass is 10.3. The van der Waals surface area contributed by atoms with Gasteiger partial charge in [0.2, 0.25) is 0 Å². The summed E-state index contributed by atoms with van der Waals surface area (Å²) >= 11 is 3.32. The van der Waals surface area contributed by atoms with Crippen LogP contribution < -0.4 is 0 Å². The van der Waals surface area contributed by atoms with Crippen LogP contribution in [-0.2, 0) is 20.1 Å². The lowest BCUT2D eigenvalue weighted by molar-refractivity contribution is 0.0772. The maximum absolute atomic E-state index is 12.8. The van der Waals surface area contributed by atoms with Gasteiger partial charge in [-0.15, -0.1) is 6.58 Å². The average molecular weight is 377 g/mol. The second-order valence-corrected chi connectivity index (χ2v) is 6.12. The van der Waals surface area contributed by atoms with Crippen LogP contribution in [0.3, 0.4) is 0 Å². The number of fused-ring (bicyclic) bond motifs is 1. The third kappa shape index (κ3) is 2.84. The second-order valence-electron chi connectivity index (χ2n) is 5.34. The Labute approximate surface area is 142 Å². The average Bonchev–Trinajstić information content (AvgIpc) is 3.15. The molecule has 3 heterocycles. The third-order valence-electron chi connectivity index (χ3n) is 3.76. The second kappa shape index (κ2) is 6.08. The summed E-state index contributed by atoms with van der Waals surface area (Å²) < 4.78 is 9.87. The lowest BCUT2D eigenvalue weighted by Crippen LogP contribution is -2.29. The highest BCUT2D eigenvalue weighted by Gasteiger charge is 2.21. The van der Waals surface area contributed by atoms with Crippen LogP contribution >= 0.6 is 15.9 Å². The fourth-order valence-corrected chi connectivity index (χ4v) is 2.97. The quantitative estimate of drug-likeness (QED) is 0.642. The molecule has 0 atom stereocenters. The van der Waals surface area contributed by atoms with Gasteiger partial charge in [-0.1, -0.05) is 6.08 Å². The van der Waals surface area contributed by atoms with Crippen LogP contribution in [0.4, 0.5) is 0 Å². The van der Waals surface area contributed by atoms with Crippen molar-refractivity contribution >= 4 is 32.9 Å². The maximum Gasteiger partial charge on any atom is 0.270 e. The summed E-state index contributed by atoms with van der Waals surface area (Å²) in [7, 11) is 3.64. The Kier molecular flexibility index (Phi) is 4.12. The Hall–Kier alpha value is -2.28. The molecule has 0 aliphatic heterocycles. The smallest absolute Gasteiger partial charge is 0.270 e. The fourth-order valence-electron chi connectivity index (χ4n) is 2.58. The van der Waals surface area contributed by atoms with E-state index in [4.69, 9.17) is 4.42 Å². The number of hydrogen-bond acceptors (Lipinski definition) is 3. The van der Waals surface area contributed by atoms with E-state index in [9.17, 15) is 4.79 Å². The lowest BCUT2D eigenvalue weighted by Gasteiger charge is -2.18. The fraction of sp³-hybridized carbons (Fsp3) is 0.250. The Morgan fingerprint density at radius 3 is 2.96 bits per heavy atom. The van der Waals surface area contributed by atoms with E-state index >= 15 is 0 Å². The van der Waals surface area contributed by atoms with Gasteiger partial charge in [0.15, 0.2) is 10.3 Å². The molecule has 120 valence electrons. The minimum absolute atomic E-state index is 0.0735. The largest absolute Gasteiger partial charge is 0.448 e. The van der Waals surface area contributed by atoms with E-state index in [0.717, 1.165) is 11.2 Å². The van der Waals surface area contributed by atoms with Crippen LogP contribution in [0.1, 0.15) is 16.2 Å². The minimum Gasteiger partial charge on any atom is -0.448 e. The Bertz CT molecular complexity index is 874. The number of aromatic nitrogens is 3. The van der Waals surface area contributed by atoms with Crippen molar-refractivity contribution in [2.45, 2.75) is 13.1 Å². The number of hydrogen-bond donors (Lipinski definition) is 0. The third-order valence-corrected chi connectivity index (χ3v) is 4.15. The number of aryl methyl sites for hydroxylation is 1. The minimum atomic E-state index is -0.0735. The van der Waals surface area contributed by atoms with Crippen molar-refractivity contribution in [2.24, 2.45) is 7.05 Å². The van der Waals surface area contributed by atoms with Gasteiger partial charge < -0.3 is 13.9 Å². The molecule has 7 heteroatoms. The molecule has 0 aliphatic carbocycles. The number of furan rings is 1. The van der Waals surface area contributed by atoms with E-state index in [1.807, 2.05) is 23.7 Å². The van der Waals surface area contributed by atoms with Gasteiger partial charge in [0.1, 0.15) is 5.69 Å². The number of amides is 1. The Morgan fingerprint density at radius 1 is 1.52 bits per heavy atom. The first-order valence-electron chi connectivity index (χ1n) is 7.13. The van der Waals surface area contributed by atoms with Crippen LogP contribution in [0.25, 0.3) is 11.1 Å². The highest BCUT2D eigenvalue weighted by molar-refractivity contribution is 9.10. The standard InChI is InChI=1S/C16H17BrN4O2/c1-4-7-21-12-9-15(17)23-14(12)8-13(21)16(22)19(2)10-11-5-6-18-20(11)3/h4-6,8-9H,1,7,10H2,2-3H3. The maximum atomic E-state index is 12.8. The summed E-state index contributed by atoms with van der Waals surface area (Å²) in [5.41, 5.74) is 3.09. The van der Waals surface area contributed by atoms with Crippen molar-refractivity contribution in [2.75, 3.05) is 7.05 Å². The van der Waals surface area contributed by atoms with Crippen LogP contribution in [0.15, 0.2) is 46.1 Å². The zero-order chi connectivity index (χ0) is 16.6. The first kappa shape index (κ1) is 15.6. The van der Waals surface area contributed by atoms with Crippen LogP contribution in [0.5, 0.6) is 0 Å². The molecule has 0 saturated heterocycles. The van der Waals surface area contributed by atoms with Gasteiger partial charge in [-0.3, -0.25) is 9.48 Å². The van der Waals surface area contributed by atoms with E-state index in [0.29, 0.717) is 29.0 Å². The first-order chi connectivity index (χ1) is 11.0. The van der Waals surface area contributed by atoms with Gasteiger partial charge >= 0.3 is 0 Å². The zero-order valence-electron chi connectivity index (χ0n) is 13.0. The predicted octanol–water partition coefficient (Wildman–Crippen LogP) is 3.19. The van der Waals surface area contributed by atoms with E-state index in [1.54, 1.807) is 35.0 Å². The van der Waals surface area contributed by atoms with Gasteiger partial charge in [-0.25, -0.2) is 0 Å². The van der Waals surface area contributed by atoms with Crippen LogP contribution in [-0.4, -0.2) is 32.2 Å². The van der Waals surface area contributed by atoms with Crippen molar-refractivity contribution in [3.8, 4) is 0 Å². The normalized spacial score (nSPS) is 11.1. The Balaban J connectivity index is 1.93. The van der Waals surface area contributed by atoms with E-state index in [1.165, 1.54) is 0 Å². The molecule has 0 spiro atoms. The summed E-state index contributed by atoms with van der Waals surface area (Å²) in [6.07, 6.45) is 3.48. The number of allylic oxidation sites excluding steroid dienone is 1. The molecule has 0 aliphatic rings. The van der Waals surface area contributed by atoms with Gasteiger partial charge in [-0.05, 0) is 22.0 Å². The van der Waals surface area contributed by atoms with E-state index < -0.39 is 0 Å².